The monoisotopic (exact) mass is 322 g/mol. The van der Waals surface area contributed by atoms with Crippen LogP contribution in [-0.4, -0.2) is 35.5 Å². The molecule has 2 amide bonds. The molecule has 1 aromatic rings. The minimum absolute atomic E-state index is 0.0238. The summed E-state index contributed by atoms with van der Waals surface area (Å²) < 4.78 is 5.24. The van der Waals surface area contributed by atoms with E-state index in [9.17, 15) is 14.4 Å². The fourth-order valence-corrected chi connectivity index (χ4v) is 2.76. The van der Waals surface area contributed by atoms with Crippen molar-refractivity contribution in [3.63, 3.8) is 0 Å². The lowest BCUT2D eigenvalue weighted by Crippen LogP contribution is -2.42. The van der Waals surface area contributed by atoms with Gasteiger partial charge in [-0.1, -0.05) is 26.2 Å². The third kappa shape index (κ3) is 4.58. The summed E-state index contributed by atoms with van der Waals surface area (Å²) in [6, 6.07) is 1.37. The van der Waals surface area contributed by atoms with Gasteiger partial charge < -0.3 is 20.2 Å². The van der Waals surface area contributed by atoms with E-state index in [0.29, 0.717) is 6.42 Å². The number of furan rings is 1. The van der Waals surface area contributed by atoms with Gasteiger partial charge in [-0.2, -0.15) is 0 Å². The number of aromatic carboxylic acids is 1. The molecule has 1 saturated carbocycles. The molecule has 1 heterocycles. The zero-order valence-corrected chi connectivity index (χ0v) is 13.2. The predicted molar refractivity (Wildman–Crippen MR) is 82.4 cm³/mol. The topological polar surface area (TPSA) is 109 Å². The maximum absolute atomic E-state index is 12.0. The molecule has 7 nitrogen and oxygen atoms in total. The minimum atomic E-state index is -1.14. The number of hydrogen-bond donors (Lipinski definition) is 3. The first kappa shape index (κ1) is 17.1. The van der Waals surface area contributed by atoms with Gasteiger partial charge >= 0.3 is 5.97 Å². The minimum Gasteiger partial charge on any atom is -0.478 e. The summed E-state index contributed by atoms with van der Waals surface area (Å²) in [5.41, 5.74) is -0.0238. The van der Waals surface area contributed by atoms with Crippen LogP contribution >= 0.6 is 0 Å². The van der Waals surface area contributed by atoms with Gasteiger partial charge in [-0.3, -0.25) is 9.59 Å². The number of carbonyl (C=O) groups is 3. The third-order valence-electron chi connectivity index (χ3n) is 3.96. The lowest BCUT2D eigenvalue weighted by atomic mass is 9.95. The number of nitrogens with one attached hydrogen (secondary N) is 2. The molecule has 1 aliphatic rings. The summed E-state index contributed by atoms with van der Waals surface area (Å²) in [6.45, 7) is 1.59. The van der Waals surface area contributed by atoms with Crippen molar-refractivity contribution >= 4 is 17.8 Å². The van der Waals surface area contributed by atoms with Gasteiger partial charge in [0.15, 0.2) is 5.76 Å². The number of carbonyl (C=O) groups excluding carboxylic acids is 2. The van der Waals surface area contributed by atoms with Gasteiger partial charge in [-0.15, -0.1) is 0 Å². The molecular formula is C16H22N2O5. The Morgan fingerprint density at radius 3 is 2.52 bits per heavy atom. The van der Waals surface area contributed by atoms with Crippen LogP contribution in [0, 0.1) is 0 Å². The number of carboxylic acid groups (broad SMARTS) is 1. The summed E-state index contributed by atoms with van der Waals surface area (Å²) in [5.74, 6) is -1.82. The van der Waals surface area contributed by atoms with E-state index in [1.807, 2.05) is 0 Å². The number of aryl methyl sites for hydroxylation is 1. The van der Waals surface area contributed by atoms with Crippen LogP contribution in [-0.2, 0) is 11.2 Å². The van der Waals surface area contributed by atoms with Gasteiger partial charge in [0.1, 0.15) is 11.3 Å². The van der Waals surface area contributed by atoms with Crippen LogP contribution in [0.15, 0.2) is 10.5 Å². The number of carboxylic acids is 1. The molecule has 0 unspecified atom stereocenters. The SMILES string of the molecule is CCc1oc(C(=O)NCC(=O)NC2CCCCC2)cc1C(=O)O. The van der Waals surface area contributed by atoms with Crippen molar-refractivity contribution in [1.29, 1.82) is 0 Å². The second-order valence-electron chi connectivity index (χ2n) is 5.69. The van der Waals surface area contributed by atoms with Crippen LogP contribution in [0.2, 0.25) is 0 Å². The van der Waals surface area contributed by atoms with E-state index in [4.69, 9.17) is 9.52 Å². The molecule has 7 heteroatoms. The molecular weight excluding hydrogens is 300 g/mol. The molecule has 2 rings (SSSR count). The zero-order chi connectivity index (χ0) is 16.8. The highest BCUT2D eigenvalue weighted by Gasteiger charge is 2.21. The highest BCUT2D eigenvalue weighted by Crippen LogP contribution is 2.17. The Hall–Kier alpha value is -2.31. The molecule has 0 atom stereocenters. The summed E-state index contributed by atoms with van der Waals surface area (Å²) in [4.78, 5) is 34.8. The Kier molecular flexibility index (Phi) is 5.78. The number of amides is 2. The fourth-order valence-electron chi connectivity index (χ4n) is 2.76. The highest BCUT2D eigenvalue weighted by molar-refractivity contribution is 5.97. The van der Waals surface area contributed by atoms with Crippen molar-refractivity contribution in [3.05, 3.63) is 23.2 Å². The first-order valence-electron chi connectivity index (χ1n) is 7.94. The van der Waals surface area contributed by atoms with E-state index in [-0.39, 0.29) is 35.6 Å². The van der Waals surface area contributed by atoms with Crippen molar-refractivity contribution in [2.24, 2.45) is 0 Å². The Morgan fingerprint density at radius 2 is 1.96 bits per heavy atom. The van der Waals surface area contributed by atoms with E-state index < -0.39 is 11.9 Å². The van der Waals surface area contributed by atoms with Gasteiger partial charge in [0.2, 0.25) is 5.91 Å². The van der Waals surface area contributed by atoms with Crippen LogP contribution in [0.3, 0.4) is 0 Å². The molecule has 0 spiro atoms. The molecule has 3 N–H and O–H groups in total. The van der Waals surface area contributed by atoms with Gasteiger partial charge in [-0.25, -0.2) is 4.79 Å². The molecule has 0 aromatic carbocycles. The molecule has 1 fully saturated rings. The molecule has 0 radical (unpaired) electrons. The normalized spacial score (nSPS) is 15.2. The number of rotatable bonds is 6. The van der Waals surface area contributed by atoms with Crippen molar-refractivity contribution in [2.75, 3.05) is 6.54 Å². The largest absolute Gasteiger partial charge is 0.478 e. The van der Waals surface area contributed by atoms with Gasteiger partial charge in [-0.05, 0) is 12.8 Å². The molecule has 1 aliphatic carbocycles. The molecule has 126 valence electrons. The Labute approximate surface area is 134 Å². The maximum atomic E-state index is 12.0. The van der Waals surface area contributed by atoms with Crippen molar-refractivity contribution in [3.8, 4) is 0 Å². The lowest BCUT2D eigenvalue weighted by Gasteiger charge is -2.22. The lowest BCUT2D eigenvalue weighted by molar-refractivity contribution is -0.121. The Morgan fingerprint density at radius 1 is 1.26 bits per heavy atom. The zero-order valence-electron chi connectivity index (χ0n) is 13.2. The van der Waals surface area contributed by atoms with E-state index >= 15 is 0 Å². The van der Waals surface area contributed by atoms with Gasteiger partial charge in [0.25, 0.3) is 5.91 Å². The van der Waals surface area contributed by atoms with Crippen LogP contribution in [0.4, 0.5) is 0 Å². The van der Waals surface area contributed by atoms with Gasteiger partial charge in [0, 0.05) is 18.5 Å². The molecule has 23 heavy (non-hydrogen) atoms. The van der Waals surface area contributed by atoms with Crippen LogP contribution in [0.5, 0.6) is 0 Å². The Bertz CT molecular complexity index is 587. The van der Waals surface area contributed by atoms with E-state index in [1.54, 1.807) is 6.92 Å². The second kappa shape index (κ2) is 7.80. The maximum Gasteiger partial charge on any atom is 0.339 e. The predicted octanol–water partition coefficient (Wildman–Crippen LogP) is 1.72. The van der Waals surface area contributed by atoms with Crippen molar-refractivity contribution < 1.29 is 23.9 Å². The van der Waals surface area contributed by atoms with Crippen LogP contribution in [0.25, 0.3) is 0 Å². The van der Waals surface area contributed by atoms with E-state index in [0.717, 1.165) is 25.7 Å². The van der Waals surface area contributed by atoms with Crippen LogP contribution in [0.1, 0.15) is 65.7 Å². The first-order valence-corrected chi connectivity index (χ1v) is 7.94. The molecule has 0 saturated heterocycles. The highest BCUT2D eigenvalue weighted by atomic mass is 16.4. The average Bonchev–Trinajstić information content (AvgIpc) is 2.98. The summed E-state index contributed by atoms with van der Waals surface area (Å²) >= 11 is 0. The summed E-state index contributed by atoms with van der Waals surface area (Å²) in [6.07, 6.45) is 5.74. The second-order valence-corrected chi connectivity index (χ2v) is 5.69. The van der Waals surface area contributed by atoms with Crippen LogP contribution < -0.4 is 10.6 Å². The molecule has 0 aliphatic heterocycles. The van der Waals surface area contributed by atoms with Crippen molar-refractivity contribution in [2.45, 2.75) is 51.5 Å². The summed E-state index contributed by atoms with van der Waals surface area (Å²) in [5, 5.41) is 14.4. The summed E-state index contributed by atoms with van der Waals surface area (Å²) in [7, 11) is 0. The molecule has 1 aromatic heterocycles. The Balaban J connectivity index is 1.86. The third-order valence-corrected chi connectivity index (χ3v) is 3.96. The molecule has 0 bridgehead atoms. The standard InChI is InChI=1S/C16H22N2O5/c1-2-12-11(16(21)22)8-13(23-12)15(20)17-9-14(19)18-10-6-4-3-5-7-10/h8,10H,2-7,9H2,1H3,(H,17,20)(H,18,19)(H,21,22). The number of hydrogen-bond acceptors (Lipinski definition) is 4. The van der Waals surface area contributed by atoms with E-state index in [2.05, 4.69) is 10.6 Å². The van der Waals surface area contributed by atoms with E-state index in [1.165, 1.54) is 12.5 Å². The first-order chi connectivity index (χ1) is 11.0. The average molecular weight is 322 g/mol. The van der Waals surface area contributed by atoms with Crippen molar-refractivity contribution in [1.82, 2.24) is 10.6 Å². The smallest absolute Gasteiger partial charge is 0.339 e. The van der Waals surface area contributed by atoms with Gasteiger partial charge in [0.05, 0.1) is 6.54 Å². The quantitative estimate of drug-likeness (QED) is 0.739. The fraction of sp³-hybridized carbons (Fsp3) is 0.562.